The number of carbonyl (C=O) groups is 1. The van der Waals surface area contributed by atoms with Crippen LogP contribution in [0.2, 0.25) is 0 Å². The molecule has 2 heterocycles. The second-order valence-electron chi connectivity index (χ2n) is 6.44. The van der Waals surface area contributed by atoms with Gasteiger partial charge in [0.15, 0.2) is 5.76 Å². The first-order chi connectivity index (χ1) is 11.8. The molecule has 0 radical (unpaired) electrons. The number of benzene rings is 1. The Bertz CT molecular complexity index is 885. The van der Waals surface area contributed by atoms with Gasteiger partial charge in [-0.2, -0.15) is 4.31 Å². The minimum atomic E-state index is -3.60. The summed E-state index contributed by atoms with van der Waals surface area (Å²) in [5.41, 5.74) is 7.15. The first kappa shape index (κ1) is 17.6. The molecule has 134 valence electrons. The quantitative estimate of drug-likeness (QED) is 0.869. The van der Waals surface area contributed by atoms with Crippen LogP contribution in [0.3, 0.4) is 0 Å². The highest BCUT2D eigenvalue weighted by atomic mass is 32.2. The summed E-state index contributed by atoms with van der Waals surface area (Å²) >= 11 is 0. The number of primary amides is 1. The molecule has 0 saturated carbocycles. The summed E-state index contributed by atoms with van der Waals surface area (Å²) in [4.78, 5) is 11.5. The zero-order valence-electron chi connectivity index (χ0n) is 14.2. The molecule has 1 aliphatic rings. The van der Waals surface area contributed by atoms with Crippen molar-refractivity contribution in [3.63, 3.8) is 0 Å². The molecule has 1 aromatic heterocycles. The summed E-state index contributed by atoms with van der Waals surface area (Å²) in [5, 5.41) is 3.74. The Morgan fingerprint density at radius 1 is 1.40 bits per heavy atom. The summed E-state index contributed by atoms with van der Waals surface area (Å²) in [7, 11) is -3.60. The molecule has 1 amide bonds. The molecular formula is C17H21N3O4S. The van der Waals surface area contributed by atoms with Gasteiger partial charge in [-0.25, -0.2) is 8.42 Å². The fraction of sp³-hybridized carbons (Fsp3) is 0.412. The van der Waals surface area contributed by atoms with Gasteiger partial charge in [-0.3, -0.25) is 4.79 Å². The predicted octanol–water partition coefficient (Wildman–Crippen LogP) is 1.64. The van der Waals surface area contributed by atoms with Crippen molar-refractivity contribution < 1.29 is 17.7 Å². The zero-order valence-corrected chi connectivity index (χ0v) is 15.0. The zero-order chi connectivity index (χ0) is 18.2. The van der Waals surface area contributed by atoms with Gasteiger partial charge in [-0.15, -0.1) is 0 Å². The van der Waals surface area contributed by atoms with Crippen LogP contribution in [0.25, 0.3) is 0 Å². The Morgan fingerprint density at radius 3 is 2.80 bits per heavy atom. The largest absolute Gasteiger partial charge is 0.366 e. The van der Waals surface area contributed by atoms with Crippen LogP contribution in [0.5, 0.6) is 0 Å². The Morgan fingerprint density at radius 2 is 2.16 bits per heavy atom. The van der Waals surface area contributed by atoms with E-state index in [1.165, 1.54) is 4.31 Å². The maximum absolute atomic E-state index is 12.8. The van der Waals surface area contributed by atoms with Gasteiger partial charge in [0.05, 0.1) is 0 Å². The van der Waals surface area contributed by atoms with E-state index in [0.717, 1.165) is 12.0 Å². The van der Waals surface area contributed by atoms with Crippen LogP contribution >= 0.6 is 0 Å². The summed E-state index contributed by atoms with van der Waals surface area (Å²) in [6, 6.07) is 7.17. The van der Waals surface area contributed by atoms with Crippen molar-refractivity contribution in [3.05, 3.63) is 46.8 Å². The molecule has 0 bridgehead atoms. The topological polar surface area (TPSA) is 106 Å². The third-order valence-corrected chi connectivity index (χ3v) is 6.66. The number of nitrogens with zero attached hydrogens (tertiary/aromatic N) is 2. The molecule has 1 atom stereocenters. The van der Waals surface area contributed by atoms with Crippen LogP contribution in [0.15, 0.2) is 33.7 Å². The van der Waals surface area contributed by atoms with Crippen LogP contribution in [0.4, 0.5) is 0 Å². The van der Waals surface area contributed by atoms with E-state index < -0.39 is 15.9 Å². The van der Waals surface area contributed by atoms with Crippen molar-refractivity contribution in [1.29, 1.82) is 0 Å². The van der Waals surface area contributed by atoms with Gasteiger partial charge in [0.2, 0.25) is 15.9 Å². The van der Waals surface area contributed by atoms with Crippen LogP contribution in [-0.2, 0) is 16.4 Å². The second-order valence-corrected chi connectivity index (χ2v) is 8.31. The maximum Gasteiger partial charge on any atom is 0.248 e. The number of hydrogen-bond donors (Lipinski definition) is 1. The molecule has 7 nitrogen and oxygen atoms in total. The number of amides is 1. The molecule has 0 aliphatic carbocycles. The summed E-state index contributed by atoms with van der Waals surface area (Å²) in [6.45, 7) is 4.14. The predicted molar refractivity (Wildman–Crippen MR) is 91.5 cm³/mol. The van der Waals surface area contributed by atoms with E-state index in [-0.39, 0.29) is 10.8 Å². The van der Waals surface area contributed by atoms with Crippen LogP contribution in [-0.4, -0.2) is 36.9 Å². The van der Waals surface area contributed by atoms with E-state index in [2.05, 4.69) is 5.16 Å². The first-order valence-electron chi connectivity index (χ1n) is 8.11. The lowest BCUT2D eigenvalue weighted by atomic mass is 9.97. The van der Waals surface area contributed by atoms with Gasteiger partial charge in [-0.1, -0.05) is 17.3 Å². The monoisotopic (exact) mass is 363 g/mol. The van der Waals surface area contributed by atoms with Gasteiger partial charge >= 0.3 is 0 Å². The van der Waals surface area contributed by atoms with E-state index in [9.17, 15) is 13.2 Å². The lowest BCUT2D eigenvalue weighted by Gasteiger charge is -2.16. The minimum absolute atomic E-state index is 0.170. The molecule has 1 aliphatic heterocycles. The van der Waals surface area contributed by atoms with Crippen molar-refractivity contribution in [2.75, 3.05) is 13.1 Å². The number of carbonyl (C=O) groups excluding carboxylic acids is 1. The number of nitrogens with two attached hydrogens (primary N) is 1. The Labute approximate surface area is 146 Å². The Kier molecular flexibility index (Phi) is 4.66. The molecule has 1 aromatic carbocycles. The highest BCUT2D eigenvalue weighted by molar-refractivity contribution is 7.89. The first-order valence-corrected chi connectivity index (χ1v) is 9.55. The molecule has 1 saturated heterocycles. The molecule has 3 rings (SSSR count). The van der Waals surface area contributed by atoms with Crippen LogP contribution < -0.4 is 5.73 Å². The number of hydrogen-bond acceptors (Lipinski definition) is 5. The smallest absolute Gasteiger partial charge is 0.248 e. The summed E-state index contributed by atoms with van der Waals surface area (Å²) in [6.07, 6.45) is 1.47. The second kappa shape index (κ2) is 6.61. The molecule has 0 unspecified atom stereocenters. The van der Waals surface area contributed by atoms with Crippen molar-refractivity contribution in [3.8, 4) is 0 Å². The molecule has 2 aromatic rings. The Hall–Kier alpha value is -2.19. The fourth-order valence-electron chi connectivity index (χ4n) is 3.34. The molecule has 0 spiro atoms. The molecule has 25 heavy (non-hydrogen) atoms. The highest BCUT2D eigenvalue weighted by Gasteiger charge is 2.36. The van der Waals surface area contributed by atoms with E-state index in [1.54, 1.807) is 32.0 Å². The molecule has 2 N–H and O–H groups in total. The van der Waals surface area contributed by atoms with Crippen molar-refractivity contribution in [1.82, 2.24) is 9.46 Å². The normalized spacial score (nSPS) is 18.6. The highest BCUT2D eigenvalue weighted by Crippen LogP contribution is 2.29. The van der Waals surface area contributed by atoms with Crippen molar-refractivity contribution in [2.24, 2.45) is 11.7 Å². The maximum atomic E-state index is 12.8. The Balaban J connectivity index is 1.74. The van der Waals surface area contributed by atoms with Gasteiger partial charge < -0.3 is 10.3 Å². The fourth-order valence-corrected chi connectivity index (χ4v) is 5.16. The number of sulfonamides is 1. The SMILES string of the molecule is Cc1noc(C)c1S(=O)(=O)N1CC[C@@H](Cc2cccc(C(N)=O)c2)C1. The van der Waals surface area contributed by atoms with Crippen LogP contribution in [0.1, 0.15) is 33.8 Å². The average molecular weight is 363 g/mol. The summed E-state index contributed by atoms with van der Waals surface area (Å²) in [5.74, 6) is 0.0457. The molecule has 1 fully saturated rings. The third-order valence-electron chi connectivity index (χ3n) is 4.55. The number of aromatic nitrogens is 1. The minimum Gasteiger partial charge on any atom is -0.366 e. The van der Waals surface area contributed by atoms with E-state index in [4.69, 9.17) is 10.3 Å². The van der Waals surface area contributed by atoms with E-state index in [1.807, 2.05) is 6.07 Å². The summed E-state index contributed by atoms with van der Waals surface area (Å²) < 4.78 is 32.2. The number of aryl methyl sites for hydroxylation is 2. The van der Waals surface area contributed by atoms with E-state index >= 15 is 0 Å². The van der Waals surface area contributed by atoms with Crippen LogP contribution in [0, 0.1) is 19.8 Å². The van der Waals surface area contributed by atoms with E-state index in [0.29, 0.717) is 36.5 Å². The lowest BCUT2D eigenvalue weighted by Crippen LogP contribution is -2.29. The van der Waals surface area contributed by atoms with Crippen molar-refractivity contribution >= 4 is 15.9 Å². The lowest BCUT2D eigenvalue weighted by molar-refractivity contribution is 0.1000. The number of rotatable bonds is 5. The van der Waals surface area contributed by atoms with Crippen molar-refractivity contribution in [2.45, 2.75) is 31.6 Å². The average Bonchev–Trinajstić information content (AvgIpc) is 3.15. The van der Waals surface area contributed by atoms with Gasteiger partial charge in [0, 0.05) is 18.7 Å². The van der Waals surface area contributed by atoms with Gasteiger partial charge in [-0.05, 0) is 50.3 Å². The van der Waals surface area contributed by atoms with Gasteiger partial charge in [0.25, 0.3) is 0 Å². The molecular weight excluding hydrogens is 342 g/mol. The third kappa shape index (κ3) is 3.45. The molecule has 8 heteroatoms. The standard InChI is InChI=1S/C17H21N3O4S/c1-11-16(12(2)24-19-11)25(22,23)20-7-6-14(10-20)8-13-4-3-5-15(9-13)17(18)21/h3-5,9,14H,6-8,10H2,1-2H3,(H2,18,21)/t14-/m0/s1. The van der Waals surface area contributed by atoms with Gasteiger partial charge in [0.1, 0.15) is 10.6 Å².